The van der Waals surface area contributed by atoms with Gasteiger partial charge in [0.2, 0.25) is 0 Å². The van der Waals surface area contributed by atoms with Gasteiger partial charge in [0.15, 0.2) is 0 Å². The number of hydrogen-bond donors (Lipinski definition) is 0. The Morgan fingerprint density at radius 1 is 1.16 bits per heavy atom. The number of carbonyl (C=O) groups excluding carboxylic acids is 1. The van der Waals surface area contributed by atoms with Crippen LogP contribution in [0.15, 0.2) is 0 Å². The van der Waals surface area contributed by atoms with E-state index in [2.05, 4.69) is 27.7 Å². The molecule has 0 bridgehead atoms. The van der Waals surface area contributed by atoms with Crippen LogP contribution in [0, 0.1) is 5.41 Å². The third-order valence-electron chi connectivity index (χ3n) is 4.21. The summed E-state index contributed by atoms with van der Waals surface area (Å²) in [5, 5.41) is 0. The molecule has 0 aliphatic rings. The molecule has 0 spiro atoms. The minimum absolute atomic E-state index is 0.0950. The number of esters is 1. The first kappa shape index (κ1) is 18.4. The molecule has 0 aromatic heterocycles. The zero-order valence-corrected chi connectivity index (χ0v) is 14.1. The predicted molar refractivity (Wildman–Crippen MR) is 81.0 cm³/mol. The molecule has 0 aromatic rings. The molecule has 0 fully saturated rings. The summed E-state index contributed by atoms with van der Waals surface area (Å²) >= 11 is 0. The Morgan fingerprint density at radius 2 is 1.74 bits per heavy atom. The van der Waals surface area contributed by atoms with E-state index < -0.39 is 5.41 Å². The number of rotatable bonds is 8. The van der Waals surface area contributed by atoms with Gasteiger partial charge in [0.25, 0.3) is 0 Å². The Bertz CT molecular complexity index is 270. The molecule has 114 valence electrons. The van der Waals surface area contributed by atoms with Crippen LogP contribution < -0.4 is 0 Å². The van der Waals surface area contributed by atoms with Gasteiger partial charge in [-0.2, -0.15) is 0 Å². The Hall–Kier alpha value is -0.570. The number of nitrogens with zero attached hydrogens (tertiary/aromatic N) is 1. The number of hydrogen-bond acceptors (Lipinski definition) is 2. The van der Waals surface area contributed by atoms with Crippen molar-refractivity contribution in [3.05, 3.63) is 0 Å². The second-order valence-electron chi connectivity index (χ2n) is 6.63. The smallest absolute Gasteiger partial charge is 0.311 e. The molecule has 3 heteroatoms. The summed E-state index contributed by atoms with van der Waals surface area (Å²) in [6.45, 7) is 18.5. The van der Waals surface area contributed by atoms with Gasteiger partial charge in [-0.1, -0.05) is 13.8 Å². The minimum atomic E-state index is -0.400. The maximum absolute atomic E-state index is 11.8. The monoisotopic (exact) mass is 272 g/mol. The molecule has 0 saturated heterocycles. The van der Waals surface area contributed by atoms with E-state index in [9.17, 15) is 4.79 Å². The van der Waals surface area contributed by atoms with E-state index in [0.717, 1.165) is 17.6 Å². The fourth-order valence-electron chi connectivity index (χ4n) is 2.55. The van der Waals surface area contributed by atoms with E-state index in [-0.39, 0.29) is 5.97 Å². The molecule has 19 heavy (non-hydrogen) atoms. The second kappa shape index (κ2) is 7.88. The van der Waals surface area contributed by atoms with Gasteiger partial charge in [0, 0.05) is 0 Å². The molecule has 2 unspecified atom stereocenters. The van der Waals surface area contributed by atoms with E-state index in [4.69, 9.17) is 4.74 Å². The lowest BCUT2D eigenvalue weighted by atomic mass is 9.97. The summed E-state index contributed by atoms with van der Waals surface area (Å²) in [5.41, 5.74) is -0.400. The highest BCUT2D eigenvalue weighted by Crippen LogP contribution is 2.19. The Labute approximate surface area is 119 Å². The Kier molecular flexibility index (Phi) is 7.65. The van der Waals surface area contributed by atoms with Crippen molar-refractivity contribution in [1.82, 2.24) is 0 Å². The Morgan fingerprint density at radius 3 is 2.11 bits per heavy atom. The molecule has 0 aromatic carbocycles. The molecule has 0 amide bonds. The van der Waals surface area contributed by atoms with Gasteiger partial charge in [0.1, 0.15) is 13.2 Å². The van der Waals surface area contributed by atoms with Crippen molar-refractivity contribution in [2.75, 3.05) is 26.2 Å². The highest BCUT2D eigenvalue weighted by Gasteiger charge is 2.31. The lowest BCUT2D eigenvalue weighted by Crippen LogP contribution is -2.56. The van der Waals surface area contributed by atoms with Gasteiger partial charge >= 0.3 is 5.97 Å². The van der Waals surface area contributed by atoms with Gasteiger partial charge in [-0.05, 0) is 47.5 Å². The first-order chi connectivity index (χ1) is 8.73. The van der Waals surface area contributed by atoms with E-state index in [1.165, 1.54) is 19.4 Å². The van der Waals surface area contributed by atoms with E-state index in [1.807, 2.05) is 20.8 Å². The van der Waals surface area contributed by atoms with Crippen LogP contribution in [-0.4, -0.2) is 42.7 Å². The highest BCUT2D eigenvalue weighted by molar-refractivity contribution is 5.75. The van der Waals surface area contributed by atoms with Gasteiger partial charge in [-0.25, -0.2) is 0 Å². The molecule has 0 aliphatic carbocycles. The zero-order chi connectivity index (χ0) is 15.1. The van der Waals surface area contributed by atoms with E-state index in [0.29, 0.717) is 12.6 Å². The maximum atomic E-state index is 11.8. The number of ether oxygens (including phenoxy) is 1. The number of quaternary nitrogens is 1. The lowest BCUT2D eigenvalue weighted by molar-refractivity contribution is -0.948. The van der Waals surface area contributed by atoms with Crippen LogP contribution in [0.25, 0.3) is 0 Å². The molecule has 0 heterocycles. The van der Waals surface area contributed by atoms with Crippen LogP contribution >= 0.6 is 0 Å². The summed E-state index contributed by atoms with van der Waals surface area (Å²) in [7, 11) is 0. The fraction of sp³-hybridized carbons (Fsp3) is 0.938. The van der Waals surface area contributed by atoms with Crippen molar-refractivity contribution in [2.45, 2.75) is 67.3 Å². The van der Waals surface area contributed by atoms with Crippen LogP contribution in [-0.2, 0) is 9.53 Å². The summed E-state index contributed by atoms with van der Waals surface area (Å²) in [4.78, 5) is 11.8. The van der Waals surface area contributed by atoms with Crippen LogP contribution in [0.4, 0.5) is 0 Å². The molecular weight excluding hydrogens is 238 g/mol. The summed E-state index contributed by atoms with van der Waals surface area (Å²) in [5.74, 6) is -0.0950. The quantitative estimate of drug-likeness (QED) is 0.498. The number of carbonyl (C=O) groups is 1. The molecule has 0 rings (SSSR count). The SMILES string of the molecule is CCC[N+](CC)(CCOC(=O)C(C)(C)C)C(C)CC. The van der Waals surface area contributed by atoms with Crippen molar-refractivity contribution < 1.29 is 14.0 Å². The molecule has 2 atom stereocenters. The summed E-state index contributed by atoms with van der Waals surface area (Å²) in [6.07, 6.45) is 2.34. The van der Waals surface area contributed by atoms with Crippen molar-refractivity contribution in [2.24, 2.45) is 5.41 Å². The molecule has 0 radical (unpaired) electrons. The third-order valence-corrected chi connectivity index (χ3v) is 4.21. The predicted octanol–water partition coefficient (Wildman–Crippen LogP) is 3.62. The summed E-state index contributed by atoms with van der Waals surface area (Å²) < 4.78 is 6.51. The highest BCUT2D eigenvalue weighted by atomic mass is 16.5. The second-order valence-corrected chi connectivity index (χ2v) is 6.63. The molecule has 3 nitrogen and oxygen atoms in total. The zero-order valence-electron chi connectivity index (χ0n) is 14.1. The maximum Gasteiger partial charge on any atom is 0.311 e. The standard InChI is InChI=1S/C16H34NO2/c1-8-11-17(10-3,14(4)9-2)12-13-19-15(18)16(5,6)7/h14H,8-13H2,1-7H3/q+1. The minimum Gasteiger partial charge on any atom is -0.459 e. The van der Waals surface area contributed by atoms with Crippen molar-refractivity contribution in [3.63, 3.8) is 0 Å². The fourth-order valence-corrected chi connectivity index (χ4v) is 2.55. The third kappa shape index (κ3) is 5.52. The van der Waals surface area contributed by atoms with Gasteiger partial charge in [0.05, 0.1) is 24.5 Å². The van der Waals surface area contributed by atoms with Crippen LogP contribution in [0.1, 0.15) is 61.3 Å². The van der Waals surface area contributed by atoms with Crippen molar-refractivity contribution in [3.8, 4) is 0 Å². The van der Waals surface area contributed by atoms with Crippen molar-refractivity contribution >= 4 is 5.97 Å². The van der Waals surface area contributed by atoms with Gasteiger partial charge in [-0.15, -0.1) is 0 Å². The average molecular weight is 272 g/mol. The summed E-state index contributed by atoms with van der Waals surface area (Å²) in [6, 6.07) is 0.623. The molecular formula is C16H34NO2+. The van der Waals surface area contributed by atoms with Gasteiger partial charge < -0.3 is 9.22 Å². The lowest BCUT2D eigenvalue weighted by Gasteiger charge is -2.42. The molecule has 0 aliphatic heterocycles. The normalized spacial score (nSPS) is 16.8. The van der Waals surface area contributed by atoms with E-state index >= 15 is 0 Å². The first-order valence-corrected chi connectivity index (χ1v) is 7.76. The van der Waals surface area contributed by atoms with Crippen LogP contribution in [0.5, 0.6) is 0 Å². The van der Waals surface area contributed by atoms with Crippen LogP contribution in [0.3, 0.4) is 0 Å². The number of likely N-dealkylation sites (N-methyl/N-ethyl adjacent to an activating group) is 1. The van der Waals surface area contributed by atoms with Gasteiger partial charge in [-0.3, -0.25) is 4.79 Å². The Balaban J connectivity index is 4.55. The average Bonchev–Trinajstić information content (AvgIpc) is 2.35. The topological polar surface area (TPSA) is 26.3 Å². The van der Waals surface area contributed by atoms with E-state index in [1.54, 1.807) is 0 Å². The largest absolute Gasteiger partial charge is 0.459 e. The molecule has 0 saturated carbocycles. The first-order valence-electron chi connectivity index (χ1n) is 7.76. The van der Waals surface area contributed by atoms with Crippen molar-refractivity contribution in [1.29, 1.82) is 0 Å². The van der Waals surface area contributed by atoms with Crippen LogP contribution in [0.2, 0.25) is 0 Å². The molecule has 0 N–H and O–H groups in total.